The van der Waals surface area contributed by atoms with E-state index in [0.29, 0.717) is 12.1 Å². The van der Waals surface area contributed by atoms with E-state index in [1.807, 2.05) is 26.1 Å². The highest BCUT2D eigenvalue weighted by atomic mass is 32.3. The minimum Gasteiger partial charge on any atom is -0.716 e. The van der Waals surface area contributed by atoms with E-state index >= 15 is 0 Å². The van der Waals surface area contributed by atoms with E-state index in [2.05, 4.69) is 4.18 Å². The molecule has 0 fully saturated rings. The summed E-state index contributed by atoms with van der Waals surface area (Å²) in [6.45, 7) is 5.93. The molecule has 0 bridgehead atoms. The average Bonchev–Trinajstić information content (AvgIpc) is 2.33. The van der Waals surface area contributed by atoms with Crippen molar-refractivity contribution in [2.24, 2.45) is 0 Å². The minimum absolute atomic E-state index is 0.0412. The van der Waals surface area contributed by atoms with E-state index in [1.165, 1.54) is 18.2 Å². The van der Waals surface area contributed by atoms with Crippen LogP contribution in [0.3, 0.4) is 0 Å². The highest BCUT2D eigenvalue weighted by molar-refractivity contribution is 7.81. The molecule has 0 radical (unpaired) electrons. The maximum Gasteiger partial charge on any atom is 0.262 e. The number of rotatable bonds is 6. The van der Waals surface area contributed by atoms with Gasteiger partial charge in [-0.25, -0.2) is 8.42 Å². The first kappa shape index (κ1) is 17.9. The van der Waals surface area contributed by atoms with E-state index in [1.54, 1.807) is 0 Å². The summed E-state index contributed by atoms with van der Waals surface area (Å²) in [5.41, 5.74) is 0.595. The first-order valence-corrected chi connectivity index (χ1v) is 7.76. The van der Waals surface area contributed by atoms with Gasteiger partial charge in [-0.1, -0.05) is 6.07 Å². The number of hydrogen-bond donors (Lipinski definition) is 3. The smallest absolute Gasteiger partial charge is 0.262 e. The van der Waals surface area contributed by atoms with Crippen LogP contribution in [0, 0.1) is 0 Å². The predicted octanol–water partition coefficient (Wildman–Crippen LogP) is -0.587. The van der Waals surface area contributed by atoms with Gasteiger partial charge in [-0.2, -0.15) is 0 Å². The quantitative estimate of drug-likeness (QED) is 0.476. The molecule has 0 spiro atoms. The number of hydrogen-bond acceptors (Lipinski definition) is 6. The molecular weight excluding hydrogens is 298 g/mol. The topological polar surface area (TPSA) is 124 Å². The van der Waals surface area contributed by atoms with Gasteiger partial charge in [0, 0.05) is 5.56 Å². The van der Waals surface area contributed by atoms with Crippen LogP contribution in [0.4, 0.5) is 0 Å². The monoisotopic (exact) mass is 319 g/mol. The fourth-order valence-electron chi connectivity index (χ4n) is 1.72. The van der Waals surface area contributed by atoms with Crippen molar-refractivity contribution in [1.29, 1.82) is 0 Å². The molecule has 1 atom stereocenters. The Kier molecular flexibility index (Phi) is 5.71. The summed E-state index contributed by atoms with van der Waals surface area (Å²) in [4.78, 5) is 0. The average molecular weight is 319 g/mol. The van der Waals surface area contributed by atoms with Gasteiger partial charge in [0.05, 0.1) is 12.1 Å². The Labute approximate surface area is 124 Å². The summed E-state index contributed by atoms with van der Waals surface area (Å²) in [5.74, 6) is -0.233. The van der Waals surface area contributed by atoms with Crippen LogP contribution in [0.2, 0.25) is 0 Å². The molecule has 0 aromatic heterocycles. The summed E-state index contributed by atoms with van der Waals surface area (Å²) in [6, 6.07) is 4.12. The molecule has 0 saturated heterocycles. The van der Waals surface area contributed by atoms with Crippen LogP contribution >= 0.6 is 0 Å². The van der Waals surface area contributed by atoms with Crippen LogP contribution in [0.15, 0.2) is 18.2 Å². The Balaban J connectivity index is 2.91. The van der Waals surface area contributed by atoms with Gasteiger partial charge in [0.1, 0.15) is 18.4 Å². The molecule has 0 aliphatic rings. The molecule has 0 amide bonds. The van der Waals surface area contributed by atoms with Crippen molar-refractivity contribution < 1.29 is 32.7 Å². The molecule has 8 heteroatoms. The SMILES string of the molecule is CC(C)(C)[NH2+]C[C@H](O)c1ccc(OS(=O)(=O)[O-])c(CO)c1. The Morgan fingerprint density at radius 3 is 2.48 bits per heavy atom. The second kappa shape index (κ2) is 6.71. The minimum atomic E-state index is -4.90. The van der Waals surface area contributed by atoms with Crippen molar-refractivity contribution >= 4 is 10.4 Å². The second-order valence-corrected chi connectivity index (χ2v) is 6.82. The van der Waals surface area contributed by atoms with Gasteiger partial charge in [-0.3, -0.25) is 0 Å². The van der Waals surface area contributed by atoms with Crippen LogP contribution in [-0.4, -0.2) is 35.3 Å². The molecule has 0 heterocycles. The third kappa shape index (κ3) is 6.40. The van der Waals surface area contributed by atoms with Crippen LogP contribution in [0.25, 0.3) is 0 Å². The number of benzene rings is 1. The predicted molar refractivity (Wildman–Crippen MR) is 74.2 cm³/mol. The fourth-order valence-corrected chi connectivity index (χ4v) is 2.11. The fraction of sp³-hybridized carbons (Fsp3) is 0.538. The first-order valence-electron chi connectivity index (χ1n) is 6.43. The summed E-state index contributed by atoms with van der Waals surface area (Å²) in [6.07, 6.45) is -0.785. The van der Waals surface area contributed by atoms with Crippen molar-refractivity contribution in [3.8, 4) is 5.75 Å². The summed E-state index contributed by atoms with van der Waals surface area (Å²) < 4.78 is 36.0. The Bertz CT molecular complexity index is 579. The first-order chi connectivity index (χ1) is 9.52. The largest absolute Gasteiger partial charge is 0.716 e. The van der Waals surface area contributed by atoms with Crippen LogP contribution in [-0.2, 0) is 17.0 Å². The summed E-state index contributed by atoms with van der Waals surface area (Å²) in [5, 5.41) is 21.3. The lowest BCUT2D eigenvalue weighted by molar-refractivity contribution is -0.722. The standard InChI is InChI=1S/C13H21NO6S/c1-13(2,3)14-7-11(16)9-4-5-12(10(6-9)8-15)20-21(17,18)19/h4-6,11,14-16H,7-8H2,1-3H3,(H,17,18,19)/t11-/m0/s1. The van der Waals surface area contributed by atoms with Crippen molar-refractivity contribution in [2.45, 2.75) is 39.0 Å². The molecule has 4 N–H and O–H groups in total. The summed E-state index contributed by atoms with van der Waals surface area (Å²) >= 11 is 0. The van der Waals surface area contributed by atoms with E-state index in [-0.39, 0.29) is 16.9 Å². The highest BCUT2D eigenvalue weighted by Gasteiger charge is 2.18. The maximum atomic E-state index is 10.6. The lowest BCUT2D eigenvalue weighted by Crippen LogP contribution is -2.95. The lowest BCUT2D eigenvalue weighted by atomic mass is 10.0. The molecule has 1 rings (SSSR count). The Morgan fingerprint density at radius 1 is 1.38 bits per heavy atom. The van der Waals surface area contributed by atoms with Gasteiger partial charge in [0.15, 0.2) is 0 Å². The van der Waals surface area contributed by atoms with Crippen LogP contribution < -0.4 is 9.50 Å². The lowest BCUT2D eigenvalue weighted by Gasteiger charge is -2.20. The van der Waals surface area contributed by atoms with Crippen molar-refractivity contribution in [2.75, 3.05) is 6.54 Å². The summed E-state index contributed by atoms with van der Waals surface area (Å²) in [7, 11) is -4.90. The van der Waals surface area contributed by atoms with Crippen molar-refractivity contribution in [1.82, 2.24) is 0 Å². The molecule has 21 heavy (non-hydrogen) atoms. The molecule has 0 unspecified atom stereocenters. The number of quaternary nitrogens is 1. The van der Waals surface area contributed by atoms with Crippen molar-refractivity contribution in [3.63, 3.8) is 0 Å². The van der Waals surface area contributed by atoms with E-state index in [9.17, 15) is 23.2 Å². The second-order valence-electron chi connectivity index (χ2n) is 5.84. The molecule has 7 nitrogen and oxygen atoms in total. The van der Waals surface area contributed by atoms with E-state index < -0.39 is 23.1 Å². The van der Waals surface area contributed by atoms with Crippen molar-refractivity contribution in [3.05, 3.63) is 29.3 Å². The molecule has 0 aliphatic carbocycles. The van der Waals surface area contributed by atoms with Gasteiger partial charge < -0.3 is 24.3 Å². The van der Waals surface area contributed by atoms with Gasteiger partial charge in [-0.05, 0) is 38.5 Å². The van der Waals surface area contributed by atoms with E-state index in [4.69, 9.17) is 0 Å². The number of nitrogens with two attached hydrogens (primary N) is 1. The maximum absolute atomic E-state index is 10.6. The molecule has 0 aliphatic heterocycles. The van der Waals surface area contributed by atoms with Gasteiger partial charge in [-0.15, -0.1) is 0 Å². The molecule has 1 aromatic rings. The molecular formula is C13H21NO6S. The number of aliphatic hydroxyl groups excluding tert-OH is 2. The zero-order chi connectivity index (χ0) is 16.3. The van der Waals surface area contributed by atoms with Gasteiger partial charge >= 0.3 is 0 Å². The van der Waals surface area contributed by atoms with Crippen LogP contribution in [0.1, 0.15) is 38.0 Å². The Hall–Kier alpha value is -1.19. The highest BCUT2D eigenvalue weighted by Crippen LogP contribution is 2.24. The van der Waals surface area contributed by atoms with Gasteiger partial charge in [0.2, 0.25) is 0 Å². The zero-order valence-electron chi connectivity index (χ0n) is 12.2. The Morgan fingerprint density at radius 2 is 2.00 bits per heavy atom. The molecule has 1 aromatic carbocycles. The normalized spacial score (nSPS) is 14.0. The van der Waals surface area contributed by atoms with Gasteiger partial charge in [0.25, 0.3) is 10.4 Å². The van der Waals surface area contributed by atoms with Crippen LogP contribution in [0.5, 0.6) is 5.75 Å². The molecule has 0 saturated carbocycles. The number of aliphatic hydroxyl groups is 2. The third-order valence-corrected chi connectivity index (χ3v) is 3.17. The third-order valence-electron chi connectivity index (χ3n) is 2.78. The molecule has 120 valence electrons. The van der Waals surface area contributed by atoms with E-state index in [0.717, 1.165) is 0 Å². The zero-order valence-corrected chi connectivity index (χ0v) is 13.1.